The van der Waals surface area contributed by atoms with E-state index >= 15 is 0 Å². The lowest BCUT2D eigenvalue weighted by atomic mass is 10.2. The molecule has 0 bridgehead atoms. The average Bonchev–Trinajstić information content (AvgIpc) is 2.81. The third-order valence-corrected chi connectivity index (χ3v) is 3.04. The second-order valence-corrected chi connectivity index (χ2v) is 4.56. The van der Waals surface area contributed by atoms with E-state index in [4.69, 9.17) is 16.1 Å². The Kier molecular flexibility index (Phi) is 4.65. The molecule has 2 rings (SSSR count). The summed E-state index contributed by atoms with van der Waals surface area (Å²) in [6.45, 7) is 2.60. The van der Waals surface area contributed by atoms with E-state index in [1.54, 1.807) is 19.1 Å². The fraction of sp³-hybridized carbons (Fsp3) is 0.333. The number of hydrogen-bond donors (Lipinski definition) is 1. The number of benzene rings is 1. The van der Waals surface area contributed by atoms with E-state index in [-0.39, 0.29) is 5.69 Å². The monoisotopic (exact) mass is 296 g/mol. The molecule has 0 aliphatic carbocycles. The molecule has 2 aromatic rings. The summed E-state index contributed by atoms with van der Waals surface area (Å²) in [7, 11) is 0. The van der Waals surface area contributed by atoms with Crippen LogP contribution >= 0.6 is 11.6 Å². The van der Waals surface area contributed by atoms with Crippen LogP contribution in [0.3, 0.4) is 0 Å². The van der Waals surface area contributed by atoms with Gasteiger partial charge in [0.15, 0.2) is 5.82 Å². The number of aromatic nitrogens is 2. The van der Waals surface area contributed by atoms with Crippen LogP contribution in [0.4, 0.5) is 5.69 Å². The topological polar surface area (TPSA) is 94.1 Å². The fourth-order valence-electron chi connectivity index (χ4n) is 1.75. The normalized spacial score (nSPS) is 10.7. The van der Waals surface area contributed by atoms with Crippen LogP contribution in [0.2, 0.25) is 5.02 Å². The van der Waals surface area contributed by atoms with Gasteiger partial charge in [0.1, 0.15) is 0 Å². The quantitative estimate of drug-likeness (QED) is 0.499. The Hall–Kier alpha value is -1.99. The Morgan fingerprint density at radius 1 is 1.50 bits per heavy atom. The van der Waals surface area contributed by atoms with Crippen molar-refractivity contribution in [1.29, 1.82) is 0 Å². The van der Waals surface area contributed by atoms with Crippen molar-refractivity contribution >= 4 is 17.3 Å². The maximum absolute atomic E-state index is 10.9. The summed E-state index contributed by atoms with van der Waals surface area (Å²) in [6, 6.07) is 4.63. The molecule has 1 N–H and O–H groups in total. The maximum atomic E-state index is 10.9. The van der Waals surface area contributed by atoms with Gasteiger partial charge in [0.25, 0.3) is 5.69 Å². The number of nitro groups is 1. The number of nitrogens with zero attached hydrogens (tertiary/aromatic N) is 3. The highest BCUT2D eigenvalue weighted by Crippen LogP contribution is 2.25. The van der Waals surface area contributed by atoms with Crippen molar-refractivity contribution in [2.24, 2.45) is 0 Å². The highest BCUT2D eigenvalue weighted by Gasteiger charge is 2.15. The summed E-state index contributed by atoms with van der Waals surface area (Å²) in [4.78, 5) is 14.5. The average molecular weight is 297 g/mol. The van der Waals surface area contributed by atoms with Crippen LogP contribution in [0.15, 0.2) is 22.7 Å². The second-order valence-electron chi connectivity index (χ2n) is 4.15. The van der Waals surface area contributed by atoms with Gasteiger partial charge in [0.2, 0.25) is 5.89 Å². The molecule has 1 aromatic carbocycles. The predicted molar refractivity (Wildman–Crippen MR) is 72.6 cm³/mol. The van der Waals surface area contributed by atoms with E-state index in [1.807, 2.05) is 0 Å². The van der Waals surface area contributed by atoms with Crippen LogP contribution in [0, 0.1) is 17.0 Å². The molecule has 0 fully saturated rings. The van der Waals surface area contributed by atoms with E-state index in [2.05, 4.69) is 15.5 Å². The van der Waals surface area contributed by atoms with E-state index in [9.17, 15) is 10.1 Å². The first-order valence-electron chi connectivity index (χ1n) is 5.99. The number of halogens is 1. The molecule has 106 valence electrons. The van der Waals surface area contributed by atoms with Crippen molar-refractivity contribution in [2.75, 3.05) is 6.54 Å². The molecule has 0 aliphatic heterocycles. The SMILES string of the molecule is Cc1nc(CCNCc2c(Cl)cccc2[N+](=O)[O-])no1. The molecular formula is C12H13ClN4O3. The second kappa shape index (κ2) is 6.44. The Bertz CT molecular complexity index is 614. The van der Waals surface area contributed by atoms with Crippen molar-refractivity contribution in [3.63, 3.8) is 0 Å². The lowest BCUT2D eigenvalue weighted by Gasteiger charge is -2.06. The van der Waals surface area contributed by atoms with Gasteiger partial charge in [0, 0.05) is 32.5 Å². The summed E-state index contributed by atoms with van der Waals surface area (Å²) in [6.07, 6.45) is 0.579. The van der Waals surface area contributed by atoms with Gasteiger partial charge in [-0.3, -0.25) is 10.1 Å². The zero-order valence-electron chi connectivity index (χ0n) is 10.8. The minimum atomic E-state index is -0.439. The standard InChI is InChI=1S/C12H13ClN4O3/c1-8-15-12(16-20-8)5-6-14-7-9-10(13)3-2-4-11(9)17(18)19/h2-4,14H,5-7H2,1H3. The number of aryl methyl sites for hydroxylation is 1. The number of nitro benzene ring substituents is 1. The lowest BCUT2D eigenvalue weighted by molar-refractivity contribution is -0.385. The van der Waals surface area contributed by atoms with E-state index < -0.39 is 4.92 Å². The molecule has 7 nitrogen and oxygen atoms in total. The van der Waals surface area contributed by atoms with Gasteiger partial charge in [-0.15, -0.1) is 0 Å². The molecule has 1 aromatic heterocycles. The Morgan fingerprint density at radius 3 is 2.95 bits per heavy atom. The first-order valence-corrected chi connectivity index (χ1v) is 6.37. The summed E-state index contributed by atoms with van der Waals surface area (Å²) in [5, 5.41) is 18.1. The van der Waals surface area contributed by atoms with E-state index in [0.29, 0.717) is 41.8 Å². The van der Waals surface area contributed by atoms with Gasteiger partial charge in [-0.1, -0.05) is 22.8 Å². The summed E-state index contributed by atoms with van der Waals surface area (Å²) >= 11 is 5.99. The van der Waals surface area contributed by atoms with Crippen molar-refractivity contribution < 1.29 is 9.45 Å². The number of rotatable bonds is 6. The number of hydrogen-bond acceptors (Lipinski definition) is 6. The summed E-state index contributed by atoms with van der Waals surface area (Å²) in [5.41, 5.74) is 0.490. The summed E-state index contributed by atoms with van der Waals surface area (Å²) in [5.74, 6) is 1.12. The zero-order valence-corrected chi connectivity index (χ0v) is 11.6. The third-order valence-electron chi connectivity index (χ3n) is 2.69. The van der Waals surface area contributed by atoms with Crippen molar-refractivity contribution in [1.82, 2.24) is 15.5 Å². The van der Waals surface area contributed by atoms with Gasteiger partial charge < -0.3 is 9.84 Å². The molecule has 0 unspecified atom stereocenters. The van der Waals surface area contributed by atoms with Gasteiger partial charge in [-0.2, -0.15) is 4.98 Å². The molecule has 0 saturated carbocycles. The largest absolute Gasteiger partial charge is 0.340 e. The van der Waals surface area contributed by atoms with Crippen LogP contribution in [0.5, 0.6) is 0 Å². The van der Waals surface area contributed by atoms with E-state index in [1.165, 1.54) is 6.07 Å². The number of nitrogens with one attached hydrogen (secondary N) is 1. The van der Waals surface area contributed by atoms with Crippen molar-refractivity contribution in [3.05, 3.63) is 50.6 Å². The first kappa shape index (κ1) is 14.4. The molecule has 0 atom stereocenters. The molecular weight excluding hydrogens is 284 g/mol. The van der Waals surface area contributed by atoms with Crippen LogP contribution < -0.4 is 5.32 Å². The molecule has 0 saturated heterocycles. The van der Waals surface area contributed by atoms with Crippen LogP contribution in [0.25, 0.3) is 0 Å². The highest BCUT2D eigenvalue weighted by molar-refractivity contribution is 6.31. The predicted octanol–water partition coefficient (Wildman–Crippen LogP) is 2.27. The maximum Gasteiger partial charge on any atom is 0.275 e. The Morgan fingerprint density at radius 2 is 2.30 bits per heavy atom. The van der Waals surface area contributed by atoms with Crippen LogP contribution in [-0.2, 0) is 13.0 Å². The van der Waals surface area contributed by atoms with Gasteiger partial charge >= 0.3 is 0 Å². The van der Waals surface area contributed by atoms with Crippen molar-refractivity contribution in [3.8, 4) is 0 Å². The minimum Gasteiger partial charge on any atom is -0.340 e. The zero-order chi connectivity index (χ0) is 14.5. The van der Waals surface area contributed by atoms with Gasteiger partial charge in [-0.05, 0) is 6.07 Å². The van der Waals surface area contributed by atoms with Gasteiger partial charge in [0.05, 0.1) is 15.5 Å². The molecule has 20 heavy (non-hydrogen) atoms. The molecule has 0 aliphatic rings. The molecule has 1 heterocycles. The van der Waals surface area contributed by atoms with Crippen LogP contribution in [-0.4, -0.2) is 21.6 Å². The fourth-order valence-corrected chi connectivity index (χ4v) is 1.99. The summed E-state index contributed by atoms with van der Waals surface area (Å²) < 4.78 is 4.85. The third kappa shape index (κ3) is 3.52. The molecule has 0 spiro atoms. The van der Waals surface area contributed by atoms with Gasteiger partial charge in [-0.25, -0.2) is 0 Å². The Labute approximate surface area is 120 Å². The molecule has 0 amide bonds. The smallest absolute Gasteiger partial charge is 0.275 e. The van der Waals surface area contributed by atoms with Crippen LogP contribution in [0.1, 0.15) is 17.3 Å². The molecule has 0 radical (unpaired) electrons. The minimum absolute atomic E-state index is 0.0143. The van der Waals surface area contributed by atoms with E-state index in [0.717, 1.165) is 0 Å². The first-order chi connectivity index (χ1) is 9.58. The highest BCUT2D eigenvalue weighted by atomic mass is 35.5. The Balaban J connectivity index is 1.92. The lowest BCUT2D eigenvalue weighted by Crippen LogP contribution is -2.18. The van der Waals surface area contributed by atoms with Crippen molar-refractivity contribution in [2.45, 2.75) is 19.9 Å². The molecule has 8 heteroatoms.